The van der Waals surface area contributed by atoms with Gasteiger partial charge in [-0.15, -0.1) is 0 Å². The van der Waals surface area contributed by atoms with Gasteiger partial charge < -0.3 is 0 Å². The van der Waals surface area contributed by atoms with Gasteiger partial charge in [0.05, 0.1) is 0 Å². The van der Waals surface area contributed by atoms with Gasteiger partial charge in [0.15, 0.2) is 5.78 Å². The van der Waals surface area contributed by atoms with Crippen molar-refractivity contribution in [3.63, 3.8) is 0 Å². The maximum Gasteiger partial charge on any atom is 0.162 e. The summed E-state index contributed by atoms with van der Waals surface area (Å²) in [5.74, 6) is 0.134. The number of hydrogen-bond donors (Lipinski definition) is 0. The molecule has 0 spiro atoms. The third-order valence-electron chi connectivity index (χ3n) is 1.62. The molecule has 1 aliphatic heterocycles. The number of rotatable bonds is 0. The number of hydrogen-bond acceptors (Lipinski definition) is 3. The van der Waals surface area contributed by atoms with Crippen LogP contribution in [0.25, 0.3) is 0 Å². The Morgan fingerprint density at radius 3 is 2.53 bits per heavy atom. The Kier molecular flexibility index (Phi) is 4.71. The predicted molar refractivity (Wildman–Crippen MR) is 61.2 cm³/mol. The van der Waals surface area contributed by atoms with Crippen molar-refractivity contribution in [2.24, 2.45) is 4.99 Å². The number of pyridine rings is 1. The van der Waals surface area contributed by atoms with Crippen molar-refractivity contribution in [1.29, 1.82) is 0 Å². The normalized spacial score (nSPS) is 13.3. The molecule has 0 saturated heterocycles. The minimum Gasteiger partial charge on any atom is -0.294 e. The van der Waals surface area contributed by atoms with Gasteiger partial charge in [-0.05, 0) is 24.6 Å². The fraction of sp³-hybridized carbons (Fsp3) is 0.182. The molecule has 0 amide bonds. The van der Waals surface area contributed by atoms with Crippen LogP contribution in [0.3, 0.4) is 0 Å². The topological polar surface area (TPSA) is 42.3 Å². The van der Waals surface area contributed by atoms with E-state index >= 15 is 0 Å². The lowest BCUT2D eigenvalue weighted by molar-refractivity contribution is -0.113. The summed E-state index contributed by atoms with van der Waals surface area (Å²) in [7, 11) is 0. The van der Waals surface area contributed by atoms with Crippen molar-refractivity contribution in [2.45, 2.75) is 13.3 Å². The molecule has 1 aliphatic rings. The van der Waals surface area contributed by atoms with E-state index in [1.807, 2.05) is 13.0 Å². The number of carbonyl (C=O) groups excluding carboxylic acids is 1. The first kappa shape index (κ1) is 11.6. The lowest BCUT2D eigenvalue weighted by Crippen LogP contribution is -1.95. The lowest BCUT2D eigenvalue weighted by atomic mass is 10.3. The molecule has 78 valence electrons. The summed E-state index contributed by atoms with van der Waals surface area (Å²) >= 11 is 5.50. The summed E-state index contributed by atoms with van der Waals surface area (Å²) in [4.78, 5) is 17.8. The van der Waals surface area contributed by atoms with Crippen LogP contribution in [0, 0.1) is 6.92 Å². The number of aliphatic imine (C=N–C) groups is 1. The molecule has 1 aromatic heterocycles. The largest absolute Gasteiger partial charge is 0.294 e. The highest BCUT2D eigenvalue weighted by atomic mass is 35.5. The molecule has 0 aliphatic carbocycles. The molecule has 15 heavy (non-hydrogen) atoms. The number of ketones is 1. The molecule has 0 atom stereocenters. The number of aromatic nitrogens is 1. The average molecular weight is 223 g/mol. The van der Waals surface area contributed by atoms with Crippen molar-refractivity contribution in [1.82, 2.24) is 4.98 Å². The Morgan fingerprint density at radius 2 is 2.20 bits per heavy atom. The van der Waals surface area contributed by atoms with Gasteiger partial charge in [0.2, 0.25) is 0 Å². The van der Waals surface area contributed by atoms with Crippen LogP contribution in [0.15, 0.2) is 35.6 Å². The molecule has 2 heterocycles. The molecule has 4 heteroatoms. The van der Waals surface area contributed by atoms with Crippen LogP contribution in [-0.4, -0.2) is 17.0 Å². The second kappa shape index (κ2) is 6.09. The van der Waals surface area contributed by atoms with E-state index in [0.717, 1.165) is 5.56 Å². The molecule has 0 fully saturated rings. The summed E-state index contributed by atoms with van der Waals surface area (Å²) in [6, 6.07) is 3.70. The lowest BCUT2D eigenvalue weighted by Gasteiger charge is -1.88. The van der Waals surface area contributed by atoms with Crippen molar-refractivity contribution in [3.8, 4) is 0 Å². The molecule has 0 aromatic carbocycles. The minimum absolute atomic E-state index is 0.134. The van der Waals surface area contributed by atoms with E-state index in [1.165, 1.54) is 12.3 Å². The molecular formula is C11H11ClN2O. The van der Waals surface area contributed by atoms with Crippen LogP contribution in [-0.2, 0) is 4.79 Å². The Balaban J connectivity index is 0.000000151. The highest BCUT2D eigenvalue weighted by Crippen LogP contribution is 2.02. The zero-order chi connectivity index (χ0) is 11.1. The van der Waals surface area contributed by atoms with E-state index in [0.29, 0.717) is 11.6 Å². The molecule has 0 unspecified atom stereocenters. The summed E-state index contributed by atoms with van der Waals surface area (Å²) in [6.07, 6.45) is 6.78. The quantitative estimate of drug-likeness (QED) is 0.634. The van der Waals surface area contributed by atoms with Crippen molar-refractivity contribution in [3.05, 3.63) is 41.3 Å². The molecular weight excluding hydrogens is 212 g/mol. The van der Waals surface area contributed by atoms with Crippen LogP contribution in [0.2, 0.25) is 5.15 Å². The molecule has 1 aromatic rings. The van der Waals surface area contributed by atoms with Gasteiger partial charge in [0.25, 0.3) is 0 Å². The molecule has 0 radical (unpaired) electrons. The SMILES string of the molecule is Cc1ccc(Cl)nc1.O=C1C=CN=CC1. The molecule has 0 bridgehead atoms. The Labute approximate surface area is 93.5 Å². The van der Waals surface area contributed by atoms with E-state index < -0.39 is 0 Å². The van der Waals surface area contributed by atoms with Crippen LogP contribution in [0.5, 0.6) is 0 Å². The van der Waals surface area contributed by atoms with Crippen molar-refractivity contribution < 1.29 is 4.79 Å². The van der Waals surface area contributed by atoms with Crippen molar-refractivity contribution >= 4 is 23.6 Å². The van der Waals surface area contributed by atoms with E-state index in [1.54, 1.807) is 18.5 Å². The highest BCUT2D eigenvalue weighted by Gasteiger charge is 1.93. The third kappa shape index (κ3) is 5.08. The molecule has 0 saturated carbocycles. The maximum absolute atomic E-state index is 10.3. The number of nitrogens with zero attached hydrogens (tertiary/aromatic N) is 2. The number of allylic oxidation sites excluding steroid dienone is 1. The average Bonchev–Trinajstić information content (AvgIpc) is 2.25. The Bertz CT molecular complexity index is 361. The summed E-state index contributed by atoms with van der Waals surface area (Å²) in [5, 5.41) is 0.551. The standard InChI is InChI=1S/C6H6ClN.C5H5NO/c1-5-2-3-6(7)8-4-5;7-5-1-3-6-4-2-5/h2-4H,1H3;1,3-4H,2H2. The first-order valence-electron chi connectivity index (χ1n) is 4.47. The zero-order valence-corrected chi connectivity index (χ0v) is 9.11. The highest BCUT2D eigenvalue weighted by molar-refractivity contribution is 6.29. The van der Waals surface area contributed by atoms with Gasteiger partial charge in [-0.1, -0.05) is 17.7 Å². The number of carbonyl (C=O) groups is 1. The smallest absolute Gasteiger partial charge is 0.162 e. The second-order valence-electron chi connectivity index (χ2n) is 2.98. The fourth-order valence-electron chi connectivity index (χ4n) is 0.848. The van der Waals surface area contributed by atoms with Crippen LogP contribution < -0.4 is 0 Å². The number of aryl methyl sites for hydroxylation is 1. The van der Waals surface area contributed by atoms with Gasteiger partial charge in [-0.2, -0.15) is 0 Å². The maximum atomic E-state index is 10.3. The first-order chi connectivity index (χ1) is 7.18. The summed E-state index contributed by atoms with van der Waals surface area (Å²) < 4.78 is 0. The first-order valence-corrected chi connectivity index (χ1v) is 4.85. The van der Waals surface area contributed by atoms with E-state index in [-0.39, 0.29) is 5.78 Å². The van der Waals surface area contributed by atoms with Gasteiger partial charge in [0.1, 0.15) is 5.15 Å². The molecule has 2 rings (SSSR count). The monoisotopic (exact) mass is 222 g/mol. The summed E-state index contributed by atoms with van der Waals surface area (Å²) in [5.41, 5.74) is 1.13. The van der Waals surface area contributed by atoms with E-state index in [4.69, 9.17) is 11.6 Å². The molecule has 0 N–H and O–H groups in total. The van der Waals surface area contributed by atoms with Crippen molar-refractivity contribution in [2.75, 3.05) is 0 Å². The second-order valence-corrected chi connectivity index (χ2v) is 3.36. The van der Waals surface area contributed by atoms with E-state index in [2.05, 4.69) is 9.98 Å². The molecule has 3 nitrogen and oxygen atoms in total. The summed E-state index contributed by atoms with van der Waals surface area (Å²) in [6.45, 7) is 1.98. The Hall–Kier alpha value is -1.48. The van der Waals surface area contributed by atoms with Gasteiger partial charge in [0, 0.05) is 25.0 Å². The zero-order valence-electron chi connectivity index (χ0n) is 8.35. The fourth-order valence-corrected chi connectivity index (χ4v) is 0.959. The van der Waals surface area contributed by atoms with Gasteiger partial charge >= 0.3 is 0 Å². The van der Waals surface area contributed by atoms with Gasteiger partial charge in [-0.25, -0.2) is 4.98 Å². The minimum atomic E-state index is 0.134. The van der Waals surface area contributed by atoms with Crippen LogP contribution in [0.1, 0.15) is 12.0 Å². The van der Waals surface area contributed by atoms with Crippen LogP contribution in [0.4, 0.5) is 0 Å². The van der Waals surface area contributed by atoms with Crippen LogP contribution >= 0.6 is 11.6 Å². The van der Waals surface area contributed by atoms with Gasteiger partial charge in [-0.3, -0.25) is 9.79 Å². The number of halogens is 1. The Morgan fingerprint density at radius 1 is 1.40 bits per heavy atom. The van der Waals surface area contributed by atoms with E-state index in [9.17, 15) is 4.79 Å². The predicted octanol–water partition coefficient (Wildman–Crippen LogP) is 2.59. The third-order valence-corrected chi connectivity index (χ3v) is 1.84.